The molecule has 0 aromatic rings. The van der Waals surface area contributed by atoms with E-state index in [2.05, 4.69) is 50.9 Å². The zero-order valence-corrected chi connectivity index (χ0v) is 9.96. The third-order valence-corrected chi connectivity index (χ3v) is 2.95. The minimum Gasteiger partial charge on any atom is -0.369 e. The molecule has 0 aromatic carbocycles. The standard InChI is InChI=1S/C13H23N/c1-5-10-14(11(2)3)13-9-7-6-8-12(13)4/h5,8,10-11,13H,6-7,9H2,1-4H3/b10-5-. The normalized spacial score (nSPS) is 22.9. The van der Waals surface area contributed by atoms with Crippen LogP contribution in [0.15, 0.2) is 23.9 Å². The quantitative estimate of drug-likeness (QED) is 0.617. The van der Waals surface area contributed by atoms with Gasteiger partial charge in [0.2, 0.25) is 0 Å². The number of nitrogens with zero attached hydrogens (tertiary/aromatic N) is 1. The third-order valence-electron chi connectivity index (χ3n) is 2.95. The van der Waals surface area contributed by atoms with Crippen molar-refractivity contribution in [3.63, 3.8) is 0 Å². The predicted molar refractivity (Wildman–Crippen MR) is 63.2 cm³/mol. The highest BCUT2D eigenvalue weighted by Crippen LogP contribution is 2.24. The molecule has 0 N–H and O–H groups in total. The molecular formula is C13H23N. The number of rotatable bonds is 3. The molecule has 1 heteroatoms. The molecule has 1 unspecified atom stereocenters. The predicted octanol–water partition coefficient (Wildman–Crippen LogP) is 3.73. The molecule has 0 fully saturated rings. The SMILES string of the molecule is C/C=C\N(C(C)C)C1CCCC=C1C. The average molecular weight is 193 g/mol. The maximum absolute atomic E-state index is 2.48. The molecule has 1 aliphatic carbocycles. The minimum atomic E-state index is 0.595. The van der Waals surface area contributed by atoms with Crippen LogP contribution in [0.2, 0.25) is 0 Å². The topological polar surface area (TPSA) is 3.24 Å². The van der Waals surface area contributed by atoms with Crippen LogP contribution in [0.3, 0.4) is 0 Å². The molecule has 0 radical (unpaired) electrons. The number of hydrogen-bond donors (Lipinski definition) is 0. The van der Waals surface area contributed by atoms with Gasteiger partial charge in [0.1, 0.15) is 0 Å². The molecule has 0 heterocycles. The molecule has 1 nitrogen and oxygen atoms in total. The molecule has 0 amide bonds. The summed E-state index contributed by atoms with van der Waals surface area (Å²) in [6.07, 6.45) is 10.7. The summed E-state index contributed by atoms with van der Waals surface area (Å²) in [5.41, 5.74) is 1.54. The first-order valence-electron chi connectivity index (χ1n) is 5.73. The van der Waals surface area contributed by atoms with Crippen LogP contribution in [0.25, 0.3) is 0 Å². The van der Waals surface area contributed by atoms with Gasteiger partial charge in [-0.1, -0.05) is 17.7 Å². The molecule has 1 rings (SSSR count). The largest absolute Gasteiger partial charge is 0.369 e. The van der Waals surface area contributed by atoms with E-state index in [1.807, 2.05) is 0 Å². The summed E-state index contributed by atoms with van der Waals surface area (Å²) in [7, 11) is 0. The van der Waals surface area contributed by atoms with Gasteiger partial charge in [0.25, 0.3) is 0 Å². The van der Waals surface area contributed by atoms with Crippen LogP contribution in [0.5, 0.6) is 0 Å². The second-order valence-electron chi connectivity index (χ2n) is 4.42. The van der Waals surface area contributed by atoms with Crippen molar-refractivity contribution >= 4 is 0 Å². The lowest BCUT2D eigenvalue weighted by atomic mass is 9.93. The van der Waals surface area contributed by atoms with E-state index in [9.17, 15) is 0 Å². The van der Waals surface area contributed by atoms with E-state index in [0.29, 0.717) is 12.1 Å². The molecule has 0 bridgehead atoms. The highest BCUT2D eigenvalue weighted by atomic mass is 15.2. The highest BCUT2D eigenvalue weighted by Gasteiger charge is 2.21. The Morgan fingerprint density at radius 1 is 1.50 bits per heavy atom. The first-order valence-corrected chi connectivity index (χ1v) is 5.73. The summed E-state index contributed by atoms with van der Waals surface area (Å²) in [6, 6.07) is 1.23. The van der Waals surface area contributed by atoms with Crippen molar-refractivity contribution < 1.29 is 0 Å². The molecule has 0 spiro atoms. The Kier molecular flexibility index (Phi) is 4.24. The summed E-state index contributed by atoms with van der Waals surface area (Å²) in [6.45, 7) is 8.89. The first kappa shape index (κ1) is 11.4. The fourth-order valence-corrected chi connectivity index (χ4v) is 2.20. The minimum absolute atomic E-state index is 0.595. The zero-order valence-electron chi connectivity index (χ0n) is 9.96. The van der Waals surface area contributed by atoms with Gasteiger partial charge in [-0.2, -0.15) is 0 Å². The molecule has 14 heavy (non-hydrogen) atoms. The Balaban J connectivity index is 2.76. The number of allylic oxidation sites excluding steroid dienone is 2. The highest BCUT2D eigenvalue weighted by molar-refractivity contribution is 5.13. The van der Waals surface area contributed by atoms with Crippen LogP contribution in [-0.2, 0) is 0 Å². The second kappa shape index (κ2) is 5.23. The molecule has 0 saturated carbocycles. The van der Waals surface area contributed by atoms with Crippen molar-refractivity contribution in [1.29, 1.82) is 0 Å². The van der Waals surface area contributed by atoms with E-state index < -0.39 is 0 Å². The van der Waals surface area contributed by atoms with Gasteiger partial charge >= 0.3 is 0 Å². The smallest absolute Gasteiger partial charge is 0.0496 e. The van der Waals surface area contributed by atoms with Crippen molar-refractivity contribution in [3.8, 4) is 0 Å². The molecule has 0 aromatic heterocycles. The molecule has 80 valence electrons. The summed E-state index contributed by atoms with van der Waals surface area (Å²) in [5, 5.41) is 0. The Morgan fingerprint density at radius 2 is 2.21 bits per heavy atom. The van der Waals surface area contributed by atoms with Crippen LogP contribution in [0.1, 0.15) is 47.0 Å². The van der Waals surface area contributed by atoms with Crippen LogP contribution in [0, 0.1) is 0 Å². The van der Waals surface area contributed by atoms with Crippen molar-refractivity contribution in [2.45, 2.75) is 59.0 Å². The summed E-state index contributed by atoms with van der Waals surface area (Å²) in [4.78, 5) is 2.48. The number of hydrogen-bond acceptors (Lipinski definition) is 1. The third kappa shape index (κ3) is 2.63. The van der Waals surface area contributed by atoms with E-state index in [1.165, 1.54) is 19.3 Å². The Hall–Kier alpha value is -0.720. The van der Waals surface area contributed by atoms with E-state index in [4.69, 9.17) is 0 Å². The Bertz CT molecular complexity index is 225. The van der Waals surface area contributed by atoms with Gasteiger partial charge in [-0.15, -0.1) is 0 Å². The lowest BCUT2D eigenvalue weighted by Gasteiger charge is -2.36. The van der Waals surface area contributed by atoms with Gasteiger partial charge < -0.3 is 4.90 Å². The van der Waals surface area contributed by atoms with E-state index in [1.54, 1.807) is 5.57 Å². The fourth-order valence-electron chi connectivity index (χ4n) is 2.20. The molecular weight excluding hydrogens is 170 g/mol. The molecule has 1 aliphatic rings. The lowest BCUT2D eigenvalue weighted by molar-refractivity contribution is 0.235. The van der Waals surface area contributed by atoms with Crippen LogP contribution in [0.4, 0.5) is 0 Å². The van der Waals surface area contributed by atoms with Crippen LogP contribution < -0.4 is 0 Å². The average Bonchev–Trinajstić information content (AvgIpc) is 2.15. The summed E-state index contributed by atoms with van der Waals surface area (Å²) >= 11 is 0. The monoisotopic (exact) mass is 193 g/mol. The Morgan fingerprint density at radius 3 is 2.71 bits per heavy atom. The van der Waals surface area contributed by atoms with Crippen molar-refractivity contribution in [2.75, 3.05) is 0 Å². The van der Waals surface area contributed by atoms with Gasteiger partial charge in [0.15, 0.2) is 0 Å². The fraction of sp³-hybridized carbons (Fsp3) is 0.692. The molecule has 0 aliphatic heterocycles. The van der Waals surface area contributed by atoms with Gasteiger partial charge in [0, 0.05) is 12.1 Å². The van der Waals surface area contributed by atoms with Gasteiger partial charge in [-0.05, 0) is 53.2 Å². The van der Waals surface area contributed by atoms with E-state index >= 15 is 0 Å². The van der Waals surface area contributed by atoms with Gasteiger partial charge in [0.05, 0.1) is 0 Å². The van der Waals surface area contributed by atoms with Gasteiger partial charge in [-0.3, -0.25) is 0 Å². The first-order chi connectivity index (χ1) is 6.66. The molecule has 1 atom stereocenters. The maximum Gasteiger partial charge on any atom is 0.0496 e. The second-order valence-corrected chi connectivity index (χ2v) is 4.42. The van der Waals surface area contributed by atoms with Gasteiger partial charge in [-0.25, -0.2) is 0 Å². The lowest BCUT2D eigenvalue weighted by Crippen LogP contribution is -2.37. The van der Waals surface area contributed by atoms with Crippen molar-refractivity contribution in [2.24, 2.45) is 0 Å². The van der Waals surface area contributed by atoms with Crippen molar-refractivity contribution in [1.82, 2.24) is 4.90 Å². The summed E-state index contributed by atoms with van der Waals surface area (Å²) < 4.78 is 0. The van der Waals surface area contributed by atoms with Crippen molar-refractivity contribution in [3.05, 3.63) is 23.9 Å². The van der Waals surface area contributed by atoms with E-state index in [0.717, 1.165) is 0 Å². The maximum atomic E-state index is 2.48. The van der Waals surface area contributed by atoms with Crippen LogP contribution in [-0.4, -0.2) is 17.0 Å². The Labute approximate surface area is 88.5 Å². The molecule has 0 saturated heterocycles. The zero-order chi connectivity index (χ0) is 10.6. The van der Waals surface area contributed by atoms with Crippen LogP contribution >= 0.6 is 0 Å². The summed E-state index contributed by atoms with van der Waals surface area (Å²) in [5.74, 6) is 0. The van der Waals surface area contributed by atoms with E-state index in [-0.39, 0.29) is 0 Å².